The summed E-state index contributed by atoms with van der Waals surface area (Å²) >= 11 is 1.32. The molecule has 0 aromatic carbocycles. The third kappa shape index (κ3) is 1.52. The minimum atomic E-state index is 0.390. The summed E-state index contributed by atoms with van der Waals surface area (Å²) in [6.45, 7) is 4.26. The fraction of sp³-hybridized carbons (Fsp3) is 0.500. The van der Waals surface area contributed by atoms with Gasteiger partial charge in [-0.15, -0.1) is 0 Å². The lowest BCUT2D eigenvalue weighted by Gasteiger charge is -2.06. The zero-order chi connectivity index (χ0) is 9.97. The number of nitrogens with zero attached hydrogens (tertiary/aromatic N) is 5. The summed E-state index contributed by atoms with van der Waals surface area (Å²) in [5, 5.41) is 4.92. The molecule has 0 aliphatic heterocycles. The summed E-state index contributed by atoms with van der Waals surface area (Å²) < 4.78 is 5.70. The van der Waals surface area contributed by atoms with Crippen LogP contribution in [-0.4, -0.2) is 24.1 Å². The molecule has 2 aromatic heterocycles. The molecule has 0 aliphatic rings. The van der Waals surface area contributed by atoms with Crippen LogP contribution in [0, 0.1) is 0 Å². The van der Waals surface area contributed by atoms with Crippen molar-refractivity contribution in [2.45, 2.75) is 26.2 Å². The number of rotatable bonds is 3. The van der Waals surface area contributed by atoms with Gasteiger partial charge in [0.25, 0.3) is 0 Å². The van der Waals surface area contributed by atoms with Gasteiger partial charge in [-0.3, -0.25) is 0 Å². The molecule has 0 aliphatic carbocycles. The van der Waals surface area contributed by atoms with Crippen LogP contribution in [0.1, 0.15) is 32.0 Å². The normalized spacial score (nSPS) is 13.0. The van der Waals surface area contributed by atoms with Gasteiger partial charge in [0.2, 0.25) is 5.13 Å². The van der Waals surface area contributed by atoms with Crippen molar-refractivity contribution in [2.24, 2.45) is 0 Å². The Morgan fingerprint density at radius 3 is 2.93 bits per heavy atom. The summed E-state index contributed by atoms with van der Waals surface area (Å²) in [5.41, 5.74) is 0. The van der Waals surface area contributed by atoms with E-state index in [9.17, 15) is 0 Å². The Morgan fingerprint density at radius 1 is 1.43 bits per heavy atom. The van der Waals surface area contributed by atoms with E-state index in [2.05, 4.69) is 33.3 Å². The predicted molar refractivity (Wildman–Crippen MR) is 53.5 cm³/mol. The van der Waals surface area contributed by atoms with Crippen LogP contribution < -0.4 is 0 Å². The monoisotopic (exact) mass is 209 g/mol. The first-order valence-electron chi connectivity index (χ1n) is 4.50. The minimum absolute atomic E-state index is 0.390. The molecule has 0 amide bonds. The van der Waals surface area contributed by atoms with E-state index in [1.807, 2.05) is 0 Å². The van der Waals surface area contributed by atoms with E-state index < -0.39 is 0 Å². The highest BCUT2D eigenvalue weighted by atomic mass is 32.1. The first kappa shape index (κ1) is 9.26. The smallest absolute Gasteiger partial charge is 0.219 e. The highest BCUT2D eigenvalue weighted by Gasteiger charge is 2.14. The molecule has 6 heteroatoms. The van der Waals surface area contributed by atoms with Crippen molar-refractivity contribution in [2.75, 3.05) is 0 Å². The van der Waals surface area contributed by atoms with Gasteiger partial charge >= 0.3 is 0 Å². The topological polar surface area (TPSA) is 56.5 Å². The maximum atomic E-state index is 4.23. The van der Waals surface area contributed by atoms with Gasteiger partial charge in [0, 0.05) is 17.5 Å². The Balaban J connectivity index is 2.40. The molecule has 5 nitrogen and oxygen atoms in total. The second-order valence-electron chi connectivity index (χ2n) is 3.06. The van der Waals surface area contributed by atoms with E-state index in [0.717, 1.165) is 17.4 Å². The highest BCUT2D eigenvalue weighted by Crippen LogP contribution is 2.19. The van der Waals surface area contributed by atoms with Crippen molar-refractivity contribution in [3.05, 3.63) is 18.5 Å². The third-order valence-corrected chi connectivity index (χ3v) is 2.80. The molecule has 2 rings (SSSR count). The first-order chi connectivity index (χ1) is 6.83. The largest absolute Gasteiger partial charge is 0.231 e. The summed E-state index contributed by atoms with van der Waals surface area (Å²) in [7, 11) is 0. The molecule has 2 heterocycles. The van der Waals surface area contributed by atoms with Gasteiger partial charge in [-0.1, -0.05) is 13.8 Å². The molecular weight excluding hydrogens is 198 g/mol. The maximum Gasteiger partial charge on any atom is 0.231 e. The lowest BCUT2D eigenvalue weighted by atomic mass is 10.1. The molecule has 0 radical (unpaired) electrons. The first-order valence-corrected chi connectivity index (χ1v) is 5.27. The Kier molecular flexibility index (Phi) is 2.53. The molecule has 0 bridgehead atoms. The standard InChI is InChI=1S/C8H11N5S/c1-3-6(2)7-9-4-11-13(7)8-10-5-12-14-8/h4-6H,3H2,1-2H3. The minimum Gasteiger partial charge on any atom is -0.219 e. The molecular formula is C8H11N5S. The van der Waals surface area contributed by atoms with Gasteiger partial charge in [0.05, 0.1) is 0 Å². The lowest BCUT2D eigenvalue weighted by molar-refractivity contribution is 0.644. The quantitative estimate of drug-likeness (QED) is 0.771. The van der Waals surface area contributed by atoms with E-state index in [4.69, 9.17) is 0 Å². The van der Waals surface area contributed by atoms with Crippen LogP contribution in [0.2, 0.25) is 0 Å². The fourth-order valence-electron chi connectivity index (χ4n) is 1.18. The summed E-state index contributed by atoms with van der Waals surface area (Å²) in [6, 6.07) is 0. The summed E-state index contributed by atoms with van der Waals surface area (Å²) in [4.78, 5) is 8.34. The fourth-order valence-corrected chi connectivity index (χ4v) is 1.68. The molecule has 0 spiro atoms. The van der Waals surface area contributed by atoms with Crippen LogP contribution in [-0.2, 0) is 0 Å². The van der Waals surface area contributed by atoms with Gasteiger partial charge in [-0.2, -0.15) is 14.2 Å². The third-order valence-electron chi connectivity index (χ3n) is 2.16. The van der Waals surface area contributed by atoms with Crippen LogP contribution in [0.25, 0.3) is 5.13 Å². The summed E-state index contributed by atoms with van der Waals surface area (Å²) in [6.07, 6.45) is 4.13. The molecule has 0 N–H and O–H groups in total. The van der Waals surface area contributed by atoms with Gasteiger partial charge in [0.15, 0.2) is 0 Å². The number of aromatic nitrogens is 5. The van der Waals surface area contributed by atoms with Crippen molar-refractivity contribution >= 4 is 11.5 Å². The van der Waals surface area contributed by atoms with Gasteiger partial charge in [-0.05, 0) is 6.42 Å². The van der Waals surface area contributed by atoms with E-state index >= 15 is 0 Å². The number of hydrogen-bond donors (Lipinski definition) is 0. The van der Waals surface area contributed by atoms with Crippen molar-refractivity contribution < 1.29 is 0 Å². The van der Waals surface area contributed by atoms with E-state index in [1.54, 1.807) is 11.0 Å². The number of hydrogen-bond acceptors (Lipinski definition) is 5. The summed E-state index contributed by atoms with van der Waals surface area (Å²) in [5.74, 6) is 1.34. The van der Waals surface area contributed by atoms with Gasteiger partial charge < -0.3 is 0 Å². The molecule has 74 valence electrons. The molecule has 0 saturated heterocycles. The second-order valence-corrected chi connectivity index (χ2v) is 3.82. The zero-order valence-corrected chi connectivity index (χ0v) is 8.90. The Labute approximate surface area is 86.0 Å². The Morgan fingerprint density at radius 2 is 2.29 bits per heavy atom. The van der Waals surface area contributed by atoms with Crippen molar-refractivity contribution in [1.29, 1.82) is 0 Å². The van der Waals surface area contributed by atoms with Crippen LogP contribution in [0.4, 0.5) is 0 Å². The van der Waals surface area contributed by atoms with Crippen LogP contribution >= 0.6 is 11.5 Å². The maximum absolute atomic E-state index is 4.23. The molecule has 0 fully saturated rings. The average molecular weight is 209 g/mol. The van der Waals surface area contributed by atoms with Crippen LogP contribution in [0.5, 0.6) is 0 Å². The molecule has 1 unspecified atom stereocenters. The molecule has 1 atom stereocenters. The van der Waals surface area contributed by atoms with Crippen molar-refractivity contribution in [3.63, 3.8) is 0 Å². The van der Waals surface area contributed by atoms with Crippen molar-refractivity contribution in [3.8, 4) is 5.13 Å². The molecule has 2 aromatic rings. The van der Waals surface area contributed by atoms with Gasteiger partial charge in [-0.25, -0.2) is 9.97 Å². The predicted octanol–water partition coefficient (Wildman–Crippen LogP) is 1.63. The zero-order valence-electron chi connectivity index (χ0n) is 8.08. The van der Waals surface area contributed by atoms with E-state index in [0.29, 0.717) is 5.92 Å². The average Bonchev–Trinajstić information content (AvgIpc) is 2.85. The van der Waals surface area contributed by atoms with E-state index in [-0.39, 0.29) is 0 Å². The lowest BCUT2D eigenvalue weighted by Crippen LogP contribution is -2.05. The van der Waals surface area contributed by atoms with Crippen LogP contribution in [0.3, 0.4) is 0 Å². The molecule has 0 saturated carbocycles. The Bertz CT molecular complexity index is 394. The molecule has 14 heavy (non-hydrogen) atoms. The SMILES string of the molecule is CCC(C)c1ncnn1-c1ncns1. The second kappa shape index (κ2) is 3.83. The Hall–Kier alpha value is -1.30. The van der Waals surface area contributed by atoms with Crippen molar-refractivity contribution in [1.82, 2.24) is 24.1 Å². The highest BCUT2D eigenvalue weighted by molar-refractivity contribution is 7.07. The van der Waals surface area contributed by atoms with Gasteiger partial charge in [0.1, 0.15) is 18.5 Å². The van der Waals surface area contributed by atoms with E-state index in [1.165, 1.54) is 17.9 Å². The van der Waals surface area contributed by atoms with Crippen LogP contribution in [0.15, 0.2) is 12.7 Å².